The molecule has 0 saturated heterocycles. The van der Waals surface area contributed by atoms with Crippen LogP contribution in [-0.4, -0.2) is 0 Å². The van der Waals surface area contributed by atoms with E-state index in [-0.39, 0.29) is 5.41 Å². The van der Waals surface area contributed by atoms with Crippen LogP contribution in [0.5, 0.6) is 0 Å². The largest absolute Gasteiger partial charge is 0.454 e. The second-order valence-electron chi connectivity index (χ2n) is 12.2. The quantitative estimate of drug-likeness (QED) is 0.227. The minimum absolute atomic E-state index is 0.363. The maximum absolute atomic E-state index is 6.66. The molecule has 0 bridgehead atoms. The van der Waals surface area contributed by atoms with Gasteiger partial charge in [0.25, 0.3) is 0 Å². The van der Waals surface area contributed by atoms with Crippen molar-refractivity contribution in [1.82, 2.24) is 0 Å². The molecule has 0 saturated carbocycles. The van der Waals surface area contributed by atoms with Crippen LogP contribution in [0.2, 0.25) is 0 Å². The van der Waals surface area contributed by atoms with Gasteiger partial charge in [0.15, 0.2) is 5.58 Å². The van der Waals surface area contributed by atoms with E-state index in [1.165, 1.54) is 60.7 Å². The van der Waals surface area contributed by atoms with E-state index in [0.29, 0.717) is 0 Å². The molecule has 10 rings (SSSR count). The lowest BCUT2D eigenvalue weighted by atomic mass is 9.70. The highest BCUT2D eigenvalue weighted by Crippen LogP contribution is 2.63. The summed E-state index contributed by atoms with van der Waals surface area (Å²) in [5.41, 5.74) is 15.3. The molecule has 2 aliphatic carbocycles. The number of rotatable bonds is 2. The zero-order chi connectivity index (χ0) is 29.0. The summed E-state index contributed by atoms with van der Waals surface area (Å²) in [5, 5.41) is 8.56. The van der Waals surface area contributed by atoms with Crippen LogP contribution in [-0.2, 0) is 5.41 Å². The van der Waals surface area contributed by atoms with Crippen LogP contribution in [0.25, 0.3) is 55.0 Å². The lowest BCUT2D eigenvalue weighted by Crippen LogP contribution is -2.25. The molecule has 2 aliphatic rings. The Balaban J connectivity index is 1.20. The van der Waals surface area contributed by atoms with Gasteiger partial charge >= 0.3 is 0 Å². The number of hydrogen-bond acceptors (Lipinski definition) is 2. The number of para-hydroxylation sites is 1. The highest BCUT2D eigenvalue weighted by Gasteiger charge is 2.51. The third-order valence-electron chi connectivity index (χ3n) is 9.95. The number of anilines is 2. The molecule has 0 radical (unpaired) electrons. The second kappa shape index (κ2) is 8.49. The molecule has 0 unspecified atom stereocenters. The zero-order valence-electron chi connectivity index (χ0n) is 24.2. The smallest absolute Gasteiger partial charge is 0.158 e. The molecule has 1 heterocycles. The summed E-state index contributed by atoms with van der Waals surface area (Å²) < 4.78 is 6.66. The molecule has 0 amide bonds. The highest BCUT2D eigenvalue weighted by molar-refractivity contribution is 6.21. The van der Waals surface area contributed by atoms with Crippen molar-refractivity contribution < 1.29 is 4.42 Å². The van der Waals surface area contributed by atoms with Crippen LogP contribution in [0.3, 0.4) is 0 Å². The molecule has 1 aromatic heterocycles. The highest BCUT2D eigenvalue weighted by atomic mass is 16.3. The molecule has 1 spiro atoms. The molecular formula is C42H27NO. The lowest BCUT2D eigenvalue weighted by Gasteiger charge is -2.30. The van der Waals surface area contributed by atoms with Gasteiger partial charge in [0.05, 0.1) is 11.1 Å². The first kappa shape index (κ1) is 23.9. The fourth-order valence-corrected chi connectivity index (χ4v) is 8.24. The van der Waals surface area contributed by atoms with Crippen molar-refractivity contribution in [2.75, 3.05) is 5.32 Å². The Morgan fingerprint density at radius 3 is 1.80 bits per heavy atom. The number of hydrogen-bond donors (Lipinski definition) is 1. The van der Waals surface area contributed by atoms with Gasteiger partial charge in [-0.2, -0.15) is 0 Å². The summed E-state index contributed by atoms with van der Waals surface area (Å²) in [5.74, 6) is 0. The van der Waals surface area contributed by atoms with Crippen molar-refractivity contribution in [3.05, 3.63) is 167 Å². The SMILES string of the molecule is Cc1cc2ccccc2c2c1oc1c(Nc3ccc4c(c3)C3(c5ccccc5-c5ccccc53)c3ccccc3-4)cccc12. The van der Waals surface area contributed by atoms with Gasteiger partial charge in [0.1, 0.15) is 5.58 Å². The number of benzene rings is 7. The first-order valence-corrected chi connectivity index (χ1v) is 15.3. The van der Waals surface area contributed by atoms with Crippen LogP contribution < -0.4 is 5.32 Å². The normalized spacial score (nSPS) is 13.8. The minimum Gasteiger partial charge on any atom is -0.454 e. The van der Waals surface area contributed by atoms with Gasteiger partial charge in [-0.25, -0.2) is 0 Å². The van der Waals surface area contributed by atoms with E-state index in [9.17, 15) is 0 Å². The van der Waals surface area contributed by atoms with Gasteiger partial charge in [0.2, 0.25) is 0 Å². The molecule has 2 heteroatoms. The van der Waals surface area contributed by atoms with Gasteiger partial charge in [-0.15, -0.1) is 0 Å². The lowest BCUT2D eigenvalue weighted by molar-refractivity contribution is 0.667. The Bertz CT molecular complexity index is 2430. The number of fused-ring (bicyclic) bond motifs is 15. The zero-order valence-corrected chi connectivity index (χ0v) is 24.2. The summed E-state index contributed by atoms with van der Waals surface area (Å²) in [4.78, 5) is 0. The maximum atomic E-state index is 6.66. The summed E-state index contributed by atoms with van der Waals surface area (Å²) in [7, 11) is 0. The Kier molecular flexibility index (Phi) is 4.61. The first-order chi connectivity index (χ1) is 21.7. The fourth-order valence-electron chi connectivity index (χ4n) is 8.24. The molecule has 206 valence electrons. The van der Waals surface area contributed by atoms with Crippen LogP contribution in [0, 0.1) is 6.92 Å². The Morgan fingerprint density at radius 2 is 1.09 bits per heavy atom. The molecule has 1 N–H and O–H groups in total. The Hall–Kier alpha value is -5.60. The Morgan fingerprint density at radius 1 is 0.500 bits per heavy atom. The van der Waals surface area contributed by atoms with E-state index in [4.69, 9.17) is 4.42 Å². The average Bonchev–Trinajstić information content (AvgIpc) is 3.71. The summed E-state index contributed by atoms with van der Waals surface area (Å²) in [6, 6.07) is 51.0. The fraction of sp³-hybridized carbons (Fsp3) is 0.0476. The average molecular weight is 562 g/mol. The standard InChI is InChI=1S/C42H27NO/c1-25-23-26-11-2-3-12-28(26)39-33-16-10-20-38(41(33)44-40(25)39)43-27-21-22-32-31-15-6-9-19-36(31)42(37(32)24-27)34-17-7-4-13-29(34)30-14-5-8-18-35(30)42/h2-24,43H,1H3. The van der Waals surface area contributed by atoms with E-state index in [2.05, 4.69) is 152 Å². The van der Waals surface area contributed by atoms with Crippen molar-refractivity contribution >= 4 is 44.1 Å². The van der Waals surface area contributed by atoms with Gasteiger partial charge in [-0.1, -0.05) is 115 Å². The van der Waals surface area contributed by atoms with Crippen molar-refractivity contribution in [2.24, 2.45) is 0 Å². The molecule has 0 aliphatic heterocycles. The van der Waals surface area contributed by atoms with Crippen LogP contribution in [0.1, 0.15) is 27.8 Å². The number of nitrogens with one attached hydrogen (secondary N) is 1. The monoisotopic (exact) mass is 561 g/mol. The van der Waals surface area contributed by atoms with Gasteiger partial charge in [-0.3, -0.25) is 0 Å². The molecule has 2 nitrogen and oxygen atoms in total. The molecule has 7 aromatic carbocycles. The number of aryl methyl sites for hydroxylation is 1. The predicted octanol–water partition coefficient (Wildman–Crippen LogP) is 11.1. The van der Waals surface area contributed by atoms with Crippen LogP contribution >= 0.6 is 0 Å². The summed E-state index contributed by atoms with van der Waals surface area (Å²) in [6.45, 7) is 2.14. The predicted molar refractivity (Wildman–Crippen MR) is 182 cm³/mol. The summed E-state index contributed by atoms with van der Waals surface area (Å²) in [6.07, 6.45) is 0. The topological polar surface area (TPSA) is 25.2 Å². The maximum Gasteiger partial charge on any atom is 0.158 e. The third kappa shape index (κ3) is 2.90. The molecule has 44 heavy (non-hydrogen) atoms. The van der Waals surface area contributed by atoms with E-state index < -0.39 is 0 Å². The number of furan rings is 1. The van der Waals surface area contributed by atoms with Gasteiger partial charge in [-0.05, 0) is 92.0 Å². The summed E-state index contributed by atoms with van der Waals surface area (Å²) >= 11 is 0. The second-order valence-corrected chi connectivity index (χ2v) is 12.2. The van der Waals surface area contributed by atoms with Crippen molar-refractivity contribution in [2.45, 2.75) is 12.3 Å². The molecule has 0 fully saturated rings. The van der Waals surface area contributed by atoms with Gasteiger partial charge in [0, 0.05) is 16.5 Å². The first-order valence-electron chi connectivity index (χ1n) is 15.3. The minimum atomic E-state index is -0.363. The molecule has 8 aromatic rings. The van der Waals surface area contributed by atoms with E-state index in [1.54, 1.807) is 0 Å². The Labute approximate surface area is 255 Å². The van der Waals surface area contributed by atoms with Crippen LogP contribution in [0.15, 0.2) is 144 Å². The van der Waals surface area contributed by atoms with Gasteiger partial charge < -0.3 is 9.73 Å². The van der Waals surface area contributed by atoms with Crippen molar-refractivity contribution in [1.29, 1.82) is 0 Å². The van der Waals surface area contributed by atoms with E-state index in [1.807, 2.05) is 0 Å². The third-order valence-corrected chi connectivity index (χ3v) is 9.95. The molecule has 0 atom stereocenters. The van der Waals surface area contributed by atoms with Crippen LogP contribution in [0.4, 0.5) is 11.4 Å². The van der Waals surface area contributed by atoms with E-state index in [0.717, 1.165) is 33.5 Å². The molecular weight excluding hydrogens is 534 g/mol. The van der Waals surface area contributed by atoms with Crippen molar-refractivity contribution in [3.8, 4) is 22.3 Å². The van der Waals surface area contributed by atoms with Crippen molar-refractivity contribution in [3.63, 3.8) is 0 Å². The van der Waals surface area contributed by atoms with E-state index >= 15 is 0 Å².